The molecule has 0 saturated carbocycles. The number of hydrogen-bond acceptors (Lipinski definition) is 3. The van der Waals surface area contributed by atoms with E-state index in [0.29, 0.717) is 30.9 Å². The van der Waals surface area contributed by atoms with E-state index in [0.717, 1.165) is 5.56 Å². The molecule has 1 aromatic carbocycles. The van der Waals surface area contributed by atoms with E-state index >= 15 is 0 Å². The first kappa shape index (κ1) is 19.6. The van der Waals surface area contributed by atoms with Crippen LogP contribution in [0.5, 0.6) is 0 Å². The van der Waals surface area contributed by atoms with Gasteiger partial charge in [-0.2, -0.15) is 0 Å². The topological polar surface area (TPSA) is 111 Å². The first-order valence-electron chi connectivity index (χ1n) is 8.74. The Morgan fingerprint density at radius 1 is 1.23 bits per heavy atom. The molecule has 1 aromatic rings. The first-order chi connectivity index (χ1) is 12.3. The number of carboxylic acids is 1. The van der Waals surface area contributed by atoms with Crippen LogP contribution in [0.3, 0.4) is 0 Å². The normalized spacial score (nSPS) is 19.6. The van der Waals surface area contributed by atoms with Gasteiger partial charge in [0.25, 0.3) is 0 Å². The summed E-state index contributed by atoms with van der Waals surface area (Å²) in [5.41, 5.74) is 1.99. The maximum Gasteiger partial charge on any atom is 0.321 e. The Balaban J connectivity index is 2.08. The number of carboxylic acid groups (broad SMARTS) is 1. The summed E-state index contributed by atoms with van der Waals surface area (Å²) in [6, 6.07) is 4.59. The van der Waals surface area contributed by atoms with E-state index in [2.05, 4.69) is 16.0 Å². The van der Waals surface area contributed by atoms with Gasteiger partial charge in [0.1, 0.15) is 0 Å². The monoisotopic (exact) mass is 362 g/mol. The van der Waals surface area contributed by atoms with Crippen LogP contribution in [0, 0.1) is 18.8 Å². The Labute approximate surface area is 152 Å². The van der Waals surface area contributed by atoms with Crippen LogP contribution >= 0.6 is 0 Å². The van der Waals surface area contributed by atoms with E-state index in [1.54, 1.807) is 18.2 Å². The number of amides is 4. The van der Waals surface area contributed by atoms with E-state index < -0.39 is 11.9 Å². The van der Waals surface area contributed by atoms with Gasteiger partial charge in [0.2, 0.25) is 0 Å². The Hall–Kier alpha value is -2.77. The summed E-state index contributed by atoms with van der Waals surface area (Å²) in [5, 5.41) is 17.4. The Morgan fingerprint density at radius 3 is 2.62 bits per heavy atom. The molecule has 142 valence electrons. The SMILES string of the molecule is CCNC(=O)Nc1ccc(C)c(NC(=O)N2CC(C)CC(C(=O)O)C2)c1. The zero-order valence-corrected chi connectivity index (χ0v) is 15.3. The fraction of sp³-hybridized carbons (Fsp3) is 0.500. The molecule has 4 amide bonds. The molecule has 2 unspecified atom stereocenters. The molecular weight excluding hydrogens is 336 g/mol. The molecule has 0 aromatic heterocycles. The average Bonchev–Trinajstić information content (AvgIpc) is 2.57. The lowest BCUT2D eigenvalue weighted by Crippen LogP contribution is -2.47. The number of rotatable bonds is 4. The highest BCUT2D eigenvalue weighted by Gasteiger charge is 2.32. The molecule has 1 aliphatic heterocycles. The molecule has 26 heavy (non-hydrogen) atoms. The number of aliphatic carboxylic acids is 1. The molecule has 2 rings (SSSR count). The van der Waals surface area contributed by atoms with E-state index in [1.807, 2.05) is 20.8 Å². The third-order valence-electron chi connectivity index (χ3n) is 4.37. The summed E-state index contributed by atoms with van der Waals surface area (Å²) in [6.45, 7) is 6.85. The summed E-state index contributed by atoms with van der Waals surface area (Å²) in [4.78, 5) is 37.0. The molecule has 4 N–H and O–H groups in total. The van der Waals surface area contributed by atoms with Gasteiger partial charge in [-0.05, 0) is 43.9 Å². The summed E-state index contributed by atoms with van der Waals surface area (Å²) in [5.74, 6) is -1.29. The van der Waals surface area contributed by atoms with Crippen molar-refractivity contribution in [3.63, 3.8) is 0 Å². The lowest BCUT2D eigenvalue weighted by Gasteiger charge is -2.34. The third kappa shape index (κ3) is 5.11. The first-order valence-corrected chi connectivity index (χ1v) is 8.74. The van der Waals surface area contributed by atoms with Crippen LogP contribution in [0.25, 0.3) is 0 Å². The third-order valence-corrected chi connectivity index (χ3v) is 4.37. The Morgan fingerprint density at radius 2 is 1.96 bits per heavy atom. The number of anilines is 2. The van der Waals surface area contributed by atoms with Gasteiger partial charge >= 0.3 is 18.0 Å². The second-order valence-corrected chi connectivity index (χ2v) is 6.73. The fourth-order valence-corrected chi connectivity index (χ4v) is 3.06. The second-order valence-electron chi connectivity index (χ2n) is 6.73. The summed E-state index contributed by atoms with van der Waals surface area (Å²) in [6.07, 6.45) is 0.573. The molecule has 0 radical (unpaired) electrons. The van der Waals surface area contributed by atoms with Crippen LogP contribution in [0.2, 0.25) is 0 Å². The highest BCUT2D eigenvalue weighted by atomic mass is 16.4. The number of piperidine rings is 1. The molecule has 1 heterocycles. The van der Waals surface area contributed by atoms with Crippen molar-refractivity contribution in [2.24, 2.45) is 11.8 Å². The van der Waals surface area contributed by atoms with Crippen molar-refractivity contribution in [1.82, 2.24) is 10.2 Å². The Kier molecular flexibility index (Phi) is 6.43. The Bertz CT molecular complexity index is 692. The van der Waals surface area contributed by atoms with Gasteiger partial charge in [-0.3, -0.25) is 4.79 Å². The lowest BCUT2D eigenvalue weighted by molar-refractivity contribution is -0.143. The van der Waals surface area contributed by atoms with Crippen LogP contribution in [-0.4, -0.2) is 47.7 Å². The van der Waals surface area contributed by atoms with Gasteiger partial charge in [0.05, 0.1) is 5.92 Å². The van der Waals surface area contributed by atoms with Crippen LogP contribution in [0.15, 0.2) is 18.2 Å². The van der Waals surface area contributed by atoms with Crippen molar-refractivity contribution in [3.05, 3.63) is 23.8 Å². The predicted octanol–water partition coefficient (Wildman–Crippen LogP) is 2.71. The van der Waals surface area contributed by atoms with E-state index in [9.17, 15) is 19.5 Å². The van der Waals surface area contributed by atoms with Crippen molar-refractivity contribution in [3.8, 4) is 0 Å². The van der Waals surface area contributed by atoms with Gasteiger partial charge in [0, 0.05) is 31.0 Å². The maximum absolute atomic E-state index is 12.6. The number of likely N-dealkylation sites (tertiary alicyclic amines) is 1. The van der Waals surface area contributed by atoms with E-state index in [4.69, 9.17) is 0 Å². The van der Waals surface area contributed by atoms with Gasteiger partial charge in [-0.25, -0.2) is 9.59 Å². The molecule has 2 atom stereocenters. The van der Waals surface area contributed by atoms with Crippen molar-refractivity contribution >= 4 is 29.4 Å². The molecule has 1 aliphatic rings. The number of carbonyl (C=O) groups excluding carboxylic acids is 2. The molecule has 0 aliphatic carbocycles. The zero-order valence-electron chi connectivity index (χ0n) is 15.3. The quantitative estimate of drug-likeness (QED) is 0.660. The van der Waals surface area contributed by atoms with E-state index in [-0.39, 0.29) is 24.5 Å². The van der Waals surface area contributed by atoms with Crippen molar-refractivity contribution in [2.75, 3.05) is 30.3 Å². The van der Waals surface area contributed by atoms with Gasteiger partial charge < -0.3 is 26.0 Å². The molecule has 0 bridgehead atoms. The lowest BCUT2D eigenvalue weighted by atomic mass is 9.91. The number of nitrogens with zero attached hydrogens (tertiary/aromatic N) is 1. The molecule has 8 nitrogen and oxygen atoms in total. The largest absolute Gasteiger partial charge is 0.481 e. The van der Waals surface area contributed by atoms with Crippen molar-refractivity contribution in [1.29, 1.82) is 0 Å². The van der Waals surface area contributed by atoms with Crippen molar-refractivity contribution < 1.29 is 19.5 Å². The van der Waals surface area contributed by atoms with Crippen LogP contribution in [0.4, 0.5) is 21.0 Å². The predicted molar refractivity (Wildman–Crippen MR) is 99.4 cm³/mol. The number of urea groups is 2. The van der Waals surface area contributed by atoms with Crippen LogP contribution in [0.1, 0.15) is 25.8 Å². The summed E-state index contributed by atoms with van der Waals surface area (Å²) >= 11 is 0. The minimum absolute atomic E-state index is 0.127. The minimum atomic E-state index is -0.876. The number of hydrogen-bond donors (Lipinski definition) is 4. The summed E-state index contributed by atoms with van der Waals surface area (Å²) in [7, 11) is 0. The maximum atomic E-state index is 12.6. The molecule has 8 heteroatoms. The fourth-order valence-electron chi connectivity index (χ4n) is 3.06. The molecule has 1 fully saturated rings. The van der Waals surface area contributed by atoms with Gasteiger partial charge in [-0.1, -0.05) is 13.0 Å². The molecule has 0 spiro atoms. The number of benzene rings is 1. The smallest absolute Gasteiger partial charge is 0.321 e. The number of aryl methyl sites for hydroxylation is 1. The van der Waals surface area contributed by atoms with E-state index in [1.165, 1.54) is 4.90 Å². The van der Waals surface area contributed by atoms with Gasteiger partial charge in [0.15, 0.2) is 0 Å². The van der Waals surface area contributed by atoms with Crippen LogP contribution in [-0.2, 0) is 4.79 Å². The van der Waals surface area contributed by atoms with Gasteiger partial charge in [-0.15, -0.1) is 0 Å². The van der Waals surface area contributed by atoms with Crippen LogP contribution < -0.4 is 16.0 Å². The standard InChI is InChI=1S/C18H26N4O4/c1-4-19-17(25)20-14-6-5-12(3)15(8-14)21-18(26)22-9-11(2)7-13(10-22)16(23)24/h5-6,8,11,13H,4,7,9-10H2,1-3H3,(H,21,26)(H,23,24)(H2,19,20,25). The second kappa shape index (κ2) is 8.55. The molecule has 1 saturated heterocycles. The van der Waals surface area contributed by atoms with Crippen molar-refractivity contribution in [2.45, 2.75) is 27.2 Å². The number of carbonyl (C=O) groups is 3. The summed E-state index contributed by atoms with van der Waals surface area (Å²) < 4.78 is 0. The highest BCUT2D eigenvalue weighted by molar-refractivity contribution is 5.93. The highest BCUT2D eigenvalue weighted by Crippen LogP contribution is 2.24. The molecular formula is C18H26N4O4. The average molecular weight is 362 g/mol. The number of nitrogens with one attached hydrogen (secondary N) is 3. The minimum Gasteiger partial charge on any atom is -0.481 e. The zero-order chi connectivity index (χ0) is 19.3.